The van der Waals surface area contributed by atoms with Crippen LogP contribution in [0.5, 0.6) is 0 Å². The van der Waals surface area contributed by atoms with Crippen molar-refractivity contribution in [3.63, 3.8) is 0 Å². The van der Waals surface area contributed by atoms with E-state index in [2.05, 4.69) is 36.5 Å². The number of thioether (sulfide) groups is 1. The summed E-state index contributed by atoms with van der Waals surface area (Å²) in [5.74, 6) is 0.647. The van der Waals surface area contributed by atoms with Crippen molar-refractivity contribution in [2.45, 2.75) is 24.8 Å². The first-order valence-electron chi connectivity index (χ1n) is 6.26. The molecule has 1 amide bonds. The molecule has 100 valence electrons. The summed E-state index contributed by atoms with van der Waals surface area (Å²) in [5, 5.41) is 3.37. The molecule has 0 saturated heterocycles. The van der Waals surface area contributed by atoms with Crippen LogP contribution in [-0.2, 0) is 11.3 Å². The van der Waals surface area contributed by atoms with E-state index in [0.717, 1.165) is 24.4 Å². The highest BCUT2D eigenvalue weighted by atomic mass is 32.2. The highest BCUT2D eigenvalue weighted by Gasteiger charge is 2.04. The normalized spacial score (nSPS) is 10.4. The van der Waals surface area contributed by atoms with Gasteiger partial charge in [-0.1, -0.05) is 19.1 Å². The Bertz CT molecular complexity index is 363. The molecule has 0 fully saturated rings. The molecule has 0 aromatic heterocycles. The van der Waals surface area contributed by atoms with Gasteiger partial charge in [0.25, 0.3) is 0 Å². The molecule has 4 heteroatoms. The average Bonchev–Trinajstić information content (AvgIpc) is 2.37. The Morgan fingerprint density at radius 3 is 2.50 bits per heavy atom. The highest BCUT2D eigenvalue weighted by Crippen LogP contribution is 2.18. The van der Waals surface area contributed by atoms with Gasteiger partial charge in [-0.2, -0.15) is 0 Å². The molecule has 3 nitrogen and oxygen atoms in total. The largest absolute Gasteiger partial charge is 0.348 e. The second kappa shape index (κ2) is 8.16. The number of rotatable bonds is 7. The molecule has 0 spiro atoms. The Hall–Kier alpha value is -1.00. The van der Waals surface area contributed by atoms with Crippen LogP contribution in [-0.4, -0.2) is 37.2 Å². The van der Waals surface area contributed by atoms with Crippen LogP contribution in [0.15, 0.2) is 29.2 Å². The predicted octanol–water partition coefficient (Wildman–Crippen LogP) is 2.37. The van der Waals surface area contributed by atoms with Crippen LogP contribution in [0.25, 0.3) is 0 Å². The van der Waals surface area contributed by atoms with Crippen molar-refractivity contribution in [2.24, 2.45) is 0 Å². The first-order valence-corrected chi connectivity index (χ1v) is 7.24. The van der Waals surface area contributed by atoms with Crippen molar-refractivity contribution in [3.05, 3.63) is 29.8 Å². The van der Waals surface area contributed by atoms with E-state index in [1.165, 1.54) is 5.56 Å². The molecule has 1 rings (SSSR count). The summed E-state index contributed by atoms with van der Waals surface area (Å²) >= 11 is 1.58. The zero-order valence-electron chi connectivity index (χ0n) is 11.4. The standard InChI is InChI=1S/C14H22N2OS/c1-4-9-15-10-12-5-7-13(8-6-12)18-11-14(17)16(2)3/h5-8,15H,4,9-11H2,1-3H3. The Kier molecular flexibility index (Phi) is 6.83. The molecule has 1 N–H and O–H groups in total. The second-order valence-corrected chi connectivity index (χ2v) is 5.45. The lowest BCUT2D eigenvalue weighted by atomic mass is 10.2. The Labute approximate surface area is 114 Å². The number of hydrogen-bond acceptors (Lipinski definition) is 3. The molecular formula is C14H22N2OS. The minimum atomic E-state index is 0.147. The van der Waals surface area contributed by atoms with Crippen molar-refractivity contribution >= 4 is 17.7 Å². The zero-order chi connectivity index (χ0) is 13.4. The minimum absolute atomic E-state index is 0.147. The molecule has 0 aliphatic rings. The maximum absolute atomic E-state index is 11.5. The average molecular weight is 266 g/mol. The van der Waals surface area contributed by atoms with Gasteiger partial charge in [-0.3, -0.25) is 4.79 Å². The van der Waals surface area contributed by atoms with Crippen LogP contribution in [0.1, 0.15) is 18.9 Å². The van der Waals surface area contributed by atoms with Gasteiger partial charge in [0, 0.05) is 25.5 Å². The third-order valence-electron chi connectivity index (χ3n) is 2.54. The lowest BCUT2D eigenvalue weighted by Crippen LogP contribution is -2.23. The Balaban J connectivity index is 2.38. The van der Waals surface area contributed by atoms with E-state index >= 15 is 0 Å². The number of hydrogen-bond donors (Lipinski definition) is 1. The molecule has 0 aliphatic heterocycles. The maximum Gasteiger partial charge on any atom is 0.232 e. The molecule has 0 saturated carbocycles. The van der Waals surface area contributed by atoms with Gasteiger partial charge < -0.3 is 10.2 Å². The number of nitrogens with zero attached hydrogens (tertiary/aromatic N) is 1. The van der Waals surface area contributed by atoms with E-state index in [9.17, 15) is 4.79 Å². The van der Waals surface area contributed by atoms with Crippen molar-refractivity contribution in [2.75, 3.05) is 26.4 Å². The predicted molar refractivity (Wildman–Crippen MR) is 77.9 cm³/mol. The fourth-order valence-corrected chi connectivity index (χ4v) is 2.26. The van der Waals surface area contributed by atoms with Crippen LogP contribution in [0.3, 0.4) is 0 Å². The van der Waals surface area contributed by atoms with Gasteiger partial charge in [-0.05, 0) is 30.7 Å². The summed E-state index contributed by atoms with van der Waals surface area (Å²) < 4.78 is 0. The van der Waals surface area contributed by atoms with Crippen molar-refractivity contribution < 1.29 is 4.79 Å². The number of carbonyl (C=O) groups excluding carboxylic acids is 1. The van der Waals surface area contributed by atoms with Gasteiger partial charge >= 0.3 is 0 Å². The van der Waals surface area contributed by atoms with Crippen molar-refractivity contribution in [3.8, 4) is 0 Å². The second-order valence-electron chi connectivity index (χ2n) is 4.40. The topological polar surface area (TPSA) is 32.3 Å². The third kappa shape index (κ3) is 5.56. The molecule has 0 atom stereocenters. The lowest BCUT2D eigenvalue weighted by Gasteiger charge is -2.09. The first-order chi connectivity index (χ1) is 8.63. The van der Waals surface area contributed by atoms with E-state index in [1.807, 2.05) is 0 Å². The summed E-state index contributed by atoms with van der Waals surface area (Å²) in [5.41, 5.74) is 1.28. The van der Waals surface area contributed by atoms with E-state index in [1.54, 1.807) is 30.8 Å². The summed E-state index contributed by atoms with van der Waals surface area (Å²) in [6.45, 7) is 4.12. The number of nitrogens with one attached hydrogen (secondary N) is 1. The SMILES string of the molecule is CCCNCc1ccc(SCC(=O)N(C)C)cc1. The molecule has 0 bridgehead atoms. The zero-order valence-corrected chi connectivity index (χ0v) is 12.2. The summed E-state index contributed by atoms with van der Waals surface area (Å²) in [6, 6.07) is 8.39. The quantitative estimate of drug-likeness (QED) is 0.607. The van der Waals surface area contributed by atoms with Crippen LogP contribution in [0.2, 0.25) is 0 Å². The molecule has 18 heavy (non-hydrogen) atoms. The lowest BCUT2D eigenvalue weighted by molar-refractivity contribution is -0.125. The highest BCUT2D eigenvalue weighted by molar-refractivity contribution is 8.00. The van der Waals surface area contributed by atoms with Crippen molar-refractivity contribution in [1.82, 2.24) is 10.2 Å². The summed E-state index contributed by atoms with van der Waals surface area (Å²) in [4.78, 5) is 14.2. The van der Waals surface area contributed by atoms with E-state index < -0.39 is 0 Å². The molecule has 1 aromatic rings. The van der Waals surface area contributed by atoms with E-state index in [-0.39, 0.29) is 5.91 Å². The molecule has 0 radical (unpaired) electrons. The van der Waals surface area contributed by atoms with Crippen LogP contribution < -0.4 is 5.32 Å². The molecule has 1 aromatic carbocycles. The van der Waals surface area contributed by atoms with Gasteiger partial charge in [0.1, 0.15) is 0 Å². The first kappa shape index (κ1) is 15.1. The van der Waals surface area contributed by atoms with E-state index in [0.29, 0.717) is 5.75 Å². The van der Waals surface area contributed by atoms with Crippen LogP contribution in [0, 0.1) is 0 Å². The number of benzene rings is 1. The van der Waals surface area contributed by atoms with E-state index in [4.69, 9.17) is 0 Å². The Morgan fingerprint density at radius 1 is 1.28 bits per heavy atom. The maximum atomic E-state index is 11.5. The monoisotopic (exact) mass is 266 g/mol. The smallest absolute Gasteiger partial charge is 0.232 e. The van der Waals surface area contributed by atoms with Gasteiger partial charge in [-0.15, -0.1) is 11.8 Å². The number of amides is 1. The molecular weight excluding hydrogens is 244 g/mol. The number of carbonyl (C=O) groups is 1. The summed E-state index contributed by atoms with van der Waals surface area (Å²) in [6.07, 6.45) is 1.15. The van der Waals surface area contributed by atoms with Gasteiger partial charge in [-0.25, -0.2) is 0 Å². The third-order valence-corrected chi connectivity index (χ3v) is 3.54. The fourth-order valence-electron chi connectivity index (χ4n) is 1.39. The molecule has 0 heterocycles. The van der Waals surface area contributed by atoms with Crippen LogP contribution >= 0.6 is 11.8 Å². The van der Waals surface area contributed by atoms with Gasteiger partial charge in [0.2, 0.25) is 5.91 Å². The van der Waals surface area contributed by atoms with Crippen LogP contribution in [0.4, 0.5) is 0 Å². The Morgan fingerprint density at radius 2 is 1.94 bits per heavy atom. The van der Waals surface area contributed by atoms with Gasteiger partial charge in [0.05, 0.1) is 5.75 Å². The molecule has 0 unspecified atom stereocenters. The summed E-state index contributed by atoms with van der Waals surface area (Å²) in [7, 11) is 3.57. The van der Waals surface area contributed by atoms with Gasteiger partial charge in [0.15, 0.2) is 0 Å². The molecule has 0 aliphatic carbocycles. The fraction of sp³-hybridized carbons (Fsp3) is 0.500. The van der Waals surface area contributed by atoms with Crippen molar-refractivity contribution in [1.29, 1.82) is 0 Å². The minimum Gasteiger partial charge on any atom is -0.348 e.